The van der Waals surface area contributed by atoms with Crippen molar-refractivity contribution in [3.8, 4) is 0 Å². The molecule has 2 amide bonds. The first-order valence-corrected chi connectivity index (χ1v) is 11.0. The van der Waals surface area contributed by atoms with E-state index < -0.39 is 4.92 Å². The number of nitrogens with one attached hydrogen (secondary N) is 2. The van der Waals surface area contributed by atoms with E-state index in [2.05, 4.69) is 17.6 Å². The van der Waals surface area contributed by atoms with Crippen LogP contribution in [0.3, 0.4) is 0 Å². The predicted molar refractivity (Wildman–Crippen MR) is 125 cm³/mol. The van der Waals surface area contributed by atoms with Crippen molar-refractivity contribution in [2.75, 3.05) is 23.7 Å². The molecule has 8 heteroatoms. The molecule has 8 nitrogen and oxygen atoms in total. The third-order valence-corrected chi connectivity index (χ3v) is 5.80. The number of hydrogen-bond acceptors (Lipinski definition) is 5. The average molecular weight is 439 g/mol. The molecule has 1 aliphatic rings. The lowest BCUT2D eigenvalue weighted by molar-refractivity contribution is -0.384. The monoisotopic (exact) mass is 438 g/mol. The van der Waals surface area contributed by atoms with E-state index in [0.717, 1.165) is 30.6 Å². The van der Waals surface area contributed by atoms with Crippen molar-refractivity contribution in [1.82, 2.24) is 4.90 Å². The van der Waals surface area contributed by atoms with Crippen molar-refractivity contribution in [3.63, 3.8) is 0 Å². The molecule has 1 aliphatic heterocycles. The molecule has 0 aromatic heterocycles. The first-order valence-electron chi connectivity index (χ1n) is 11.0. The van der Waals surface area contributed by atoms with E-state index in [1.165, 1.54) is 18.6 Å². The number of nitro benzene ring substituents is 1. The van der Waals surface area contributed by atoms with Gasteiger partial charge in [0.25, 0.3) is 11.6 Å². The van der Waals surface area contributed by atoms with Gasteiger partial charge in [-0.2, -0.15) is 0 Å². The van der Waals surface area contributed by atoms with Gasteiger partial charge >= 0.3 is 0 Å². The standard InChI is InChI=1S/C24H30N4O4/c1-17-16-19(24(30)27-15-4-3-6-18(27)2)8-13-22(17)26-23(29)7-5-14-25-20-9-11-21(12-10-20)28(31)32/h8-13,16,18,25H,3-7,14-15H2,1-2H3,(H,26,29). The maximum Gasteiger partial charge on any atom is 0.269 e. The van der Waals surface area contributed by atoms with Crippen LogP contribution in [0.5, 0.6) is 0 Å². The van der Waals surface area contributed by atoms with E-state index in [1.54, 1.807) is 24.3 Å². The van der Waals surface area contributed by atoms with Crippen LogP contribution in [-0.2, 0) is 4.79 Å². The Morgan fingerprint density at radius 1 is 1.16 bits per heavy atom. The number of carbonyl (C=O) groups excluding carboxylic acids is 2. The van der Waals surface area contributed by atoms with Crippen LogP contribution in [0.2, 0.25) is 0 Å². The summed E-state index contributed by atoms with van der Waals surface area (Å²) >= 11 is 0. The molecule has 0 saturated carbocycles. The van der Waals surface area contributed by atoms with Crippen molar-refractivity contribution in [2.45, 2.75) is 52.0 Å². The summed E-state index contributed by atoms with van der Waals surface area (Å²) < 4.78 is 0. The van der Waals surface area contributed by atoms with Gasteiger partial charge in [0, 0.05) is 54.6 Å². The van der Waals surface area contributed by atoms with E-state index in [0.29, 0.717) is 30.6 Å². The molecule has 32 heavy (non-hydrogen) atoms. The number of amides is 2. The van der Waals surface area contributed by atoms with E-state index in [4.69, 9.17) is 0 Å². The topological polar surface area (TPSA) is 105 Å². The third kappa shape index (κ3) is 6.06. The first-order chi connectivity index (χ1) is 15.3. The smallest absolute Gasteiger partial charge is 0.269 e. The molecule has 1 atom stereocenters. The number of nitrogens with zero attached hydrogens (tertiary/aromatic N) is 2. The first kappa shape index (κ1) is 23.2. The highest BCUT2D eigenvalue weighted by Gasteiger charge is 2.24. The number of non-ortho nitro benzene ring substituents is 1. The Labute approximate surface area is 188 Å². The maximum absolute atomic E-state index is 12.8. The summed E-state index contributed by atoms with van der Waals surface area (Å²) in [5.41, 5.74) is 3.04. The minimum absolute atomic E-state index is 0.0449. The number of carbonyl (C=O) groups is 2. The molecule has 3 rings (SSSR count). The van der Waals surface area contributed by atoms with Crippen LogP contribution in [0.25, 0.3) is 0 Å². The number of piperidine rings is 1. The summed E-state index contributed by atoms with van der Waals surface area (Å²) in [6.07, 6.45) is 4.20. The Bertz CT molecular complexity index is 974. The number of benzene rings is 2. The molecule has 170 valence electrons. The Hall–Kier alpha value is -3.42. The second-order valence-corrected chi connectivity index (χ2v) is 8.26. The molecule has 2 N–H and O–H groups in total. The lowest BCUT2D eigenvalue weighted by Crippen LogP contribution is -2.42. The fraction of sp³-hybridized carbons (Fsp3) is 0.417. The fourth-order valence-corrected chi connectivity index (χ4v) is 3.90. The van der Waals surface area contributed by atoms with Gasteiger partial charge in [-0.25, -0.2) is 0 Å². The summed E-state index contributed by atoms with van der Waals surface area (Å²) in [4.78, 5) is 37.3. The zero-order valence-corrected chi connectivity index (χ0v) is 18.6. The minimum atomic E-state index is -0.438. The van der Waals surface area contributed by atoms with Gasteiger partial charge < -0.3 is 15.5 Å². The summed E-state index contributed by atoms with van der Waals surface area (Å²) in [7, 11) is 0. The second-order valence-electron chi connectivity index (χ2n) is 8.26. The van der Waals surface area contributed by atoms with Gasteiger partial charge in [0.15, 0.2) is 0 Å². The van der Waals surface area contributed by atoms with Crippen molar-refractivity contribution < 1.29 is 14.5 Å². The van der Waals surface area contributed by atoms with Gasteiger partial charge in [0.2, 0.25) is 5.91 Å². The average Bonchev–Trinajstić information content (AvgIpc) is 2.78. The lowest BCUT2D eigenvalue weighted by Gasteiger charge is -2.33. The van der Waals surface area contributed by atoms with Crippen LogP contribution in [0.4, 0.5) is 17.1 Å². The molecule has 1 fully saturated rings. The van der Waals surface area contributed by atoms with E-state index >= 15 is 0 Å². The SMILES string of the molecule is Cc1cc(C(=O)N2CCCCC2C)ccc1NC(=O)CCCNc1ccc([N+](=O)[O-])cc1. The lowest BCUT2D eigenvalue weighted by atomic mass is 10.0. The van der Waals surface area contributed by atoms with E-state index in [9.17, 15) is 19.7 Å². The summed E-state index contributed by atoms with van der Waals surface area (Å²) in [5, 5.41) is 16.7. The third-order valence-electron chi connectivity index (χ3n) is 5.80. The van der Waals surface area contributed by atoms with E-state index in [1.807, 2.05) is 17.9 Å². The van der Waals surface area contributed by atoms with Gasteiger partial charge in [-0.15, -0.1) is 0 Å². The zero-order chi connectivity index (χ0) is 23.1. The largest absolute Gasteiger partial charge is 0.385 e. The van der Waals surface area contributed by atoms with Gasteiger partial charge in [-0.1, -0.05) is 0 Å². The van der Waals surface area contributed by atoms with Gasteiger partial charge in [0.1, 0.15) is 0 Å². The number of hydrogen-bond donors (Lipinski definition) is 2. The van der Waals surface area contributed by atoms with Gasteiger partial charge in [-0.05, 0) is 75.4 Å². The normalized spacial score (nSPS) is 15.8. The highest BCUT2D eigenvalue weighted by Crippen LogP contribution is 2.22. The summed E-state index contributed by atoms with van der Waals surface area (Å²) in [6.45, 7) is 5.36. The summed E-state index contributed by atoms with van der Waals surface area (Å²) in [6, 6.07) is 11.9. The summed E-state index contributed by atoms with van der Waals surface area (Å²) in [5.74, 6) is -0.0437. The predicted octanol–water partition coefficient (Wildman–Crippen LogP) is 4.75. The highest BCUT2D eigenvalue weighted by atomic mass is 16.6. The minimum Gasteiger partial charge on any atom is -0.385 e. The number of rotatable bonds is 8. The van der Waals surface area contributed by atoms with Crippen molar-refractivity contribution in [1.29, 1.82) is 0 Å². The Balaban J connectivity index is 1.46. The van der Waals surface area contributed by atoms with Gasteiger partial charge in [-0.3, -0.25) is 19.7 Å². The van der Waals surface area contributed by atoms with Crippen LogP contribution < -0.4 is 10.6 Å². The number of anilines is 2. The zero-order valence-electron chi connectivity index (χ0n) is 18.6. The quantitative estimate of drug-likeness (QED) is 0.352. The van der Waals surface area contributed by atoms with Crippen LogP contribution >= 0.6 is 0 Å². The van der Waals surface area contributed by atoms with Crippen LogP contribution in [0, 0.1) is 17.0 Å². The van der Waals surface area contributed by atoms with Crippen LogP contribution in [0.15, 0.2) is 42.5 Å². The Morgan fingerprint density at radius 2 is 1.91 bits per heavy atom. The molecule has 0 bridgehead atoms. The highest BCUT2D eigenvalue weighted by molar-refractivity contribution is 5.96. The molecule has 2 aromatic carbocycles. The van der Waals surface area contributed by atoms with Gasteiger partial charge in [0.05, 0.1) is 4.92 Å². The van der Waals surface area contributed by atoms with Crippen molar-refractivity contribution >= 4 is 28.9 Å². The van der Waals surface area contributed by atoms with Crippen LogP contribution in [0.1, 0.15) is 54.9 Å². The van der Waals surface area contributed by atoms with Crippen molar-refractivity contribution in [3.05, 3.63) is 63.7 Å². The number of aryl methyl sites for hydroxylation is 1. The molecule has 0 spiro atoms. The molecule has 0 aliphatic carbocycles. The molecule has 1 unspecified atom stereocenters. The molecule has 2 aromatic rings. The molecule has 1 heterocycles. The number of likely N-dealkylation sites (tertiary alicyclic amines) is 1. The van der Waals surface area contributed by atoms with Crippen LogP contribution in [-0.4, -0.2) is 40.8 Å². The Kier molecular flexibility index (Phi) is 7.81. The number of nitro groups is 1. The van der Waals surface area contributed by atoms with Crippen molar-refractivity contribution in [2.24, 2.45) is 0 Å². The second kappa shape index (κ2) is 10.7. The molecular formula is C24H30N4O4. The Morgan fingerprint density at radius 3 is 2.56 bits per heavy atom. The van der Waals surface area contributed by atoms with E-state index in [-0.39, 0.29) is 23.5 Å². The molecule has 0 radical (unpaired) electrons. The molecular weight excluding hydrogens is 408 g/mol. The molecule has 1 saturated heterocycles. The maximum atomic E-state index is 12.8. The fourth-order valence-electron chi connectivity index (χ4n) is 3.90.